The number of nitrogens with two attached hydrogens (primary N) is 2. The van der Waals surface area contributed by atoms with Crippen LogP contribution in [0.15, 0.2) is 97.6 Å². The molecule has 0 spiro atoms. The number of fused-ring (bicyclic) bond motifs is 2. The molecule has 0 atom stereocenters. The number of nitrogens with zero attached hydrogens (tertiary/aromatic N) is 3. The number of nitrogens with one attached hydrogen (secondary N) is 2. The molecule has 0 aliphatic rings. The number of benzene rings is 2. The zero-order chi connectivity index (χ0) is 27.9. The maximum absolute atomic E-state index is 12.1. The van der Waals surface area contributed by atoms with Gasteiger partial charge in [0, 0.05) is 59.8 Å². The minimum Gasteiger partial charge on any atom is -0.457 e. The van der Waals surface area contributed by atoms with Crippen molar-refractivity contribution in [2.45, 2.75) is 0 Å². The van der Waals surface area contributed by atoms with Gasteiger partial charge in [0.1, 0.15) is 41.3 Å². The van der Waals surface area contributed by atoms with Crippen LogP contribution in [-0.2, 0) is 0 Å². The van der Waals surface area contributed by atoms with E-state index in [2.05, 4.69) is 20.3 Å². The molecule has 4 heterocycles. The highest BCUT2D eigenvalue weighted by molar-refractivity contribution is 5.92. The molecule has 202 valence electrons. The molecule has 0 aliphatic carbocycles. The van der Waals surface area contributed by atoms with Crippen LogP contribution in [0, 0.1) is 0 Å². The van der Waals surface area contributed by atoms with Gasteiger partial charge in [0.15, 0.2) is 0 Å². The fraction of sp³-hybridized carbons (Fsp3) is 0.0690. The lowest BCUT2D eigenvalue weighted by Gasteiger charge is -2.08. The highest BCUT2D eigenvalue weighted by atomic mass is 19.1. The Morgan fingerprint density at radius 3 is 2.10 bits per heavy atom. The molecule has 0 fully saturated rings. The molecule has 0 saturated carbocycles. The molecular formula is C29H26FN7O3. The molecule has 2 aromatic carbocycles. The molecular weight excluding hydrogens is 513 g/mol. The number of anilines is 2. The molecule has 1 amide bonds. The fourth-order valence-electron chi connectivity index (χ4n) is 3.95. The van der Waals surface area contributed by atoms with Gasteiger partial charge in [-0.2, -0.15) is 0 Å². The van der Waals surface area contributed by atoms with E-state index in [1.54, 1.807) is 61.1 Å². The minimum absolute atomic E-state index is 0.0107. The molecule has 10 nitrogen and oxygen atoms in total. The summed E-state index contributed by atoms with van der Waals surface area (Å²) in [5, 5.41) is 4.43. The SMILES string of the molecule is Nc1cc(Oc2ccc3[nH]ccc3c2)ccn1.Nc1cc(Oc2ccc3c(ccn3C(=O)NCCF)c2)ccn1. The number of aromatic nitrogens is 4. The molecule has 4 aromatic heterocycles. The summed E-state index contributed by atoms with van der Waals surface area (Å²) in [6.07, 6.45) is 6.72. The Labute approximate surface area is 228 Å². The lowest BCUT2D eigenvalue weighted by atomic mass is 10.2. The first kappa shape index (κ1) is 26.0. The fourth-order valence-corrected chi connectivity index (χ4v) is 3.95. The van der Waals surface area contributed by atoms with E-state index in [-0.39, 0.29) is 12.6 Å². The van der Waals surface area contributed by atoms with Gasteiger partial charge in [-0.3, -0.25) is 4.57 Å². The summed E-state index contributed by atoms with van der Waals surface area (Å²) in [4.78, 5) is 22.9. The van der Waals surface area contributed by atoms with Crippen LogP contribution in [0.4, 0.5) is 20.8 Å². The van der Waals surface area contributed by atoms with E-state index in [0.29, 0.717) is 34.4 Å². The third-order valence-corrected chi connectivity index (χ3v) is 5.75. The first-order valence-electron chi connectivity index (χ1n) is 12.3. The van der Waals surface area contributed by atoms with Crippen molar-refractivity contribution in [1.29, 1.82) is 0 Å². The quantitative estimate of drug-likeness (QED) is 0.207. The Balaban J connectivity index is 0.000000168. The van der Waals surface area contributed by atoms with Crippen LogP contribution in [0.5, 0.6) is 23.0 Å². The number of carbonyl (C=O) groups is 1. The maximum atomic E-state index is 12.1. The number of aromatic amines is 1. The van der Waals surface area contributed by atoms with Crippen molar-refractivity contribution in [3.05, 3.63) is 97.6 Å². The second-order valence-electron chi connectivity index (χ2n) is 8.59. The Morgan fingerprint density at radius 2 is 1.45 bits per heavy atom. The first-order valence-corrected chi connectivity index (χ1v) is 12.3. The van der Waals surface area contributed by atoms with Crippen LogP contribution in [0.1, 0.15) is 0 Å². The number of nitrogen functional groups attached to an aromatic ring is 2. The van der Waals surface area contributed by atoms with Gasteiger partial charge in [0.2, 0.25) is 0 Å². The van der Waals surface area contributed by atoms with Crippen molar-refractivity contribution in [3.63, 3.8) is 0 Å². The van der Waals surface area contributed by atoms with Gasteiger partial charge in [-0.15, -0.1) is 0 Å². The minimum atomic E-state index is -0.599. The zero-order valence-electron chi connectivity index (χ0n) is 21.3. The van der Waals surface area contributed by atoms with Crippen LogP contribution >= 0.6 is 0 Å². The predicted octanol–water partition coefficient (Wildman–Crippen LogP) is 5.88. The lowest BCUT2D eigenvalue weighted by molar-refractivity contribution is 0.242. The monoisotopic (exact) mass is 539 g/mol. The molecule has 6 aromatic rings. The van der Waals surface area contributed by atoms with Crippen LogP contribution in [0.3, 0.4) is 0 Å². The number of pyridine rings is 2. The molecule has 0 radical (unpaired) electrons. The Hall–Kier alpha value is -5.58. The summed E-state index contributed by atoms with van der Waals surface area (Å²) in [5.74, 6) is 3.49. The summed E-state index contributed by atoms with van der Waals surface area (Å²) >= 11 is 0. The van der Waals surface area contributed by atoms with Gasteiger partial charge in [0.25, 0.3) is 0 Å². The molecule has 0 saturated heterocycles. The van der Waals surface area contributed by atoms with Crippen LogP contribution < -0.4 is 26.3 Å². The number of rotatable bonds is 6. The van der Waals surface area contributed by atoms with Gasteiger partial charge < -0.3 is 31.2 Å². The van der Waals surface area contributed by atoms with Crippen molar-refractivity contribution in [3.8, 4) is 23.0 Å². The Kier molecular flexibility index (Phi) is 7.72. The molecule has 6 rings (SSSR count). The van der Waals surface area contributed by atoms with Crippen molar-refractivity contribution in [2.24, 2.45) is 0 Å². The number of halogens is 1. The number of carbonyl (C=O) groups excluding carboxylic acids is 1. The highest BCUT2D eigenvalue weighted by Gasteiger charge is 2.09. The standard InChI is InChI=1S/C16H15FN4O2.C13H11N3O/c17-5-7-20-16(22)21-8-4-11-9-12(1-2-14(11)21)23-13-3-6-19-15(18)10-13;14-13-8-11(4-6-16-13)17-10-1-2-12-9(7-10)3-5-15-12/h1-4,6,8-10H,5,7H2,(H2,18,19)(H,20,22);1-8,15H,(H2,14,16). The lowest BCUT2D eigenvalue weighted by Crippen LogP contribution is -2.29. The molecule has 11 heteroatoms. The molecule has 0 bridgehead atoms. The van der Waals surface area contributed by atoms with Crippen LogP contribution in [-0.4, -0.2) is 38.8 Å². The van der Waals surface area contributed by atoms with Crippen molar-refractivity contribution < 1.29 is 18.7 Å². The van der Waals surface area contributed by atoms with Crippen molar-refractivity contribution in [1.82, 2.24) is 24.8 Å². The molecule has 40 heavy (non-hydrogen) atoms. The third kappa shape index (κ3) is 6.27. The van der Waals surface area contributed by atoms with Gasteiger partial charge >= 0.3 is 6.03 Å². The van der Waals surface area contributed by atoms with E-state index in [1.807, 2.05) is 36.5 Å². The Morgan fingerprint density at radius 1 is 0.825 bits per heavy atom. The molecule has 6 N–H and O–H groups in total. The number of hydrogen-bond donors (Lipinski definition) is 4. The Bertz CT molecular complexity index is 1770. The normalized spacial score (nSPS) is 10.6. The van der Waals surface area contributed by atoms with Crippen molar-refractivity contribution in [2.75, 3.05) is 24.7 Å². The van der Waals surface area contributed by atoms with Gasteiger partial charge in [-0.05, 0) is 60.7 Å². The summed E-state index contributed by atoms with van der Waals surface area (Å²) in [6.45, 7) is -0.610. The predicted molar refractivity (Wildman–Crippen MR) is 152 cm³/mol. The van der Waals surface area contributed by atoms with Gasteiger partial charge in [0.05, 0.1) is 5.52 Å². The van der Waals surface area contributed by atoms with Crippen LogP contribution in [0.2, 0.25) is 0 Å². The van der Waals surface area contributed by atoms with E-state index < -0.39 is 6.67 Å². The number of hydrogen-bond acceptors (Lipinski definition) is 7. The van der Waals surface area contributed by atoms with Gasteiger partial charge in [-0.1, -0.05) is 0 Å². The summed E-state index contributed by atoms with van der Waals surface area (Å²) in [7, 11) is 0. The largest absolute Gasteiger partial charge is 0.457 e. The zero-order valence-corrected chi connectivity index (χ0v) is 21.3. The average Bonchev–Trinajstić information content (AvgIpc) is 3.59. The highest BCUT2D eigenvalue weighted by Crippen LogP contribution is 2.27. The van der Waals surface area contributed by atoms with E-state index in [1.165, 1.54) is 4.57 Å². The number of alkyl halides is 1. The van der Waals surface area contributed by atoms with Crippen LogP contribution in [0.25, 0.3) is 21.8 Å². The molecule has 0 aliphatic heterocycles. The smallest absolute Gasteiger partial charge is 0.326 e. The van der Waals surface area contributed by atoms with E-state index in [4.69, 9.17) is 20.9 Å². The first-order chi connectivity index (χ1) is 19.5. The summed E-state index contributed by atoms with van der Waals surface area (Å²) in [5.41, 5.74) is 13.0. The number of amides is 1. The number of H-pyrrole nitrogens is 1. The summed E-state index contributed by atoms with van der Waals surface area (Å²) in [6, 6.07) is 21.4. The second-order valence-corrected chi connectivity index (χ2v) is 8.59. The molecule has 0 unspecified atom stereocenters. The average molecular weight is 540 g/mol. The third-order valence-electron chi connectivity index (χ3n) is 5.75. The van der Waals surface area contributed by atoms with E-state index >= 15 is 0 Å². The van der Waals surface area contributed by atoms with E-state index in [9.17, 15) is 9.18 Å². The second kappa shape index (κ2) is 11.9. The van der Waals surface area contributed by atoms with Gasteiger partial charge in [-0.25, -0.2) is 19.2 Å². The number of ether oxygens (including phenoxy) is 2. The van der Waals surface area contributed by atoms with E-state index in [0.717, 1.165) is 22.0 Å². The maximum Gasteiger partial charge on any atom is 0.326 e. The van der Waals surface area contributed by atoms with Crippen molar-refractivity contribution >= 4 is 39.5 Å². The summed E-state index contributed by atoms with van der Waals surface area (Å²) < 4.78 is 25.0. The topological polar surface area (TPSA) is 146 Å².